The van der Waals surface area contributed by atoms with Crippen LogP contribution < -0.4 is 5.32 Å². The molecule has 0 aliphatic carbocycles. The van der Waals surface area contributed by atoms with Gasteiger partial charge < -0.3 is 20.4 Å². The van der Waals surface area contributed by atoms with E-state index in [9.17, 15) is 23.8 Å². The summed E-state index contributed by atoms with van der Waals surface area (Å²) in [5.74, 6) is -1.59. The Morgan fingerprint density at radius 2 is 1.82 bits per heavy atom. The molecule has 8 heteroatoms. The maximum Gasteiger partial charge on any atom is 0.227 e. The molecule has 0 saturated carbocycles. The van der Waals surface area contributed by atoms with E-state index in [-0.39, 0.29) is 38.5 Å². The lowest BCUT2D eigenvalue weighted by atomic mass is 10.0. The highest BCUT2D eigenvalue weighted by atomic mass is 35.5. The first kappa shape index (κ1) is 20.7. The number of amides is 1. The Bertz CT molecular complexity index is 830. The third-order valence-electron chi connectivity index (χ3n) is 4.78. The van der Waals surface area contributed by atoms with Gasteiger partial charge in [0.25, 0.3) is 0 Å². The van der Waals surface area contributed by atoms with Crippen molar-refractivity contribution in [2.45, 2.75) is 24.7 Å². The van der Waals surface area contributed by atoms with Gasteiger partial charge in [-0.1, -0.05) is 23.7 Å². The largest absolute Gasteiger partial charge is 0.388 e. The second kappa shape index (κ2) is 8.53. The number of benzene rings is 2. The van der Waals surface area contributed by atoms with Crippen LogP contribution in [-0.4, -0.2) is 52.4 Å². The fraction of sp³-hybridized carbons (Fsp3) is 0.350. The molecule has 2 aromatic rings. The quantitative estimate of drug-likeness (QED) is 0.680. The summed E-state index contributed by atoms with van der Waals surface area (Å²) in [6.07, 6.45) is -0.992. The molecular formula is C20H21ClF2N2O3. The zero-order valence-corrected chi connectivity index (χ0v) is 15.8. The van der Waals surface area contributed by atoms with Gasteiger partial charge in [-0.05, 0) is 35.4 Å². The van der Waals surface area contributed by atoms with Crippen LogP contribution >= 0.6 is 11.6 Å². The maximum absolute atomic E-state index is 13.2. The van der Waals surface area contributed by atoms with Gasteiger partial charge in [-0.3, -0.25) is 4.79 Å². The van der Waals surface area contributed by atoms with E-state index in [2.05, 4.69) is 5.32 Å². The average Bonchev–Trinajstić information content (AvgIpc) is 2.91. The van der Waals surface area contributed by atoms with Gasteiger partial charge in [-0.2, -0.15) is 0 Å². The van der Waals surface area contributed by atoms with Crippen LogP contribution in [0.15, 0.2) is 42.5 Å². The highest BCUT2D eigenvalue weighted by Crippen LogP contribution is 2.23. The number of aliphatic hydroxyl groups excluding tert-OH is 1. The molecule has 150 valence electrons. The minimum atomic E-state index is -1.54. The Kier molecular flexibility index (Phi) is 6.30. The van der Waals surface area contributed by atoms with Crippen molar-refractivity contribution in [3.8, 4) is 0 Å². The van der Waals surface area contributed by atoms with Crippen molar-refractivity contribution in [3.05, 3.63) is 70.2 Å². The van der Waals surface area contributed by atoms with E-state index in [4.69, 9.17) is 11.6 Å². The molecule has 1 saturated heterocycles. The number of nitrogens with zero attached hydrogens (tertiary/aromatic N) is 1. The van der Waals surface area contributed by atoms with Crippen LogP contribution in [-0.2, 0) is 17.8 Å². The van der Waals surface area contributed by atoms with Gasteiger partial charge in [0.15, 0.2) is 0 Å². The average molecular weight is 411 g/mol. The van der Waals surface area contributed by atoms with Crippen LogP contribution in [0.2, 0.25) is 5.02 Å². The summed E-state index contributed by atoms with van der Waals surface area (Å²) in [6.45, 7) is 0.0593. The summed E-state index contributed by atoms with van der Waals surface area (Å²) in [5.41, 5.74) is -0.378. The summed E-state index contributed by atoms with van der Waals surface area (Å²) in [6, 6.07) is 10.0. The van der Waals surface area contributed by atoms with Gasteiger partial charge in [0.2, 0.25) is 5.91 Å². The minimum Gasteiger partial charge on any atom is -0.388 e. The molecule has 0 bridgehead atoms. The van der Waals surface area contributed by atoms with Crippen LogP contribution in [0, 0.1) is 11.6 Å². The van der Waals surface area contributed by atoms with Gasteiger partial charge in [0.1, 0.15) is 23.3 Å². The lowest BCUT2D eigenvalue weighted by Crippen LogP contribution is -2.50. The first-order chi connectivity index (χ1) is 13.2. The van der Waals surface area contributed by atoms with E-state index in [1.165, 1.54) is 17.0 Å². The van der Waals surface area contributed by atoms with Crippen molar-refractivity contribution in [2.75, 3.05) is 19.6 Å². The molecule has 2 atom stereocenters. The predicted molar refractivity (Wildman–Crippen MR) is 101 cm³/mol. The van der Waals surface area contributed by atoms with Crippen molar-refractivity contribution < 1.29 is 23.8 Å². The summed E-state index contributed by atoms with van der Waals surface area (Å²) in [7, 11) is 0. The number of halogens is 3. The molecule has 0 spiro atoms. The number of β-amino-alcohol motifs (C(OH)–C–C–N with tert-alkyl or cyclic N) is 2. The molecule has 1 fully saturated rings. The normalized spacial score (nSPS) is 21.9. The second-order valence-electron chi connectivity index (χ2n) is 7.08. The van der Waals surface area contributed by atoms with Crippen molar-refractivity contribution in [3.63, 3.8) is 0 Å². The first-order valence-corrected chi connectivity index (χ1v) is 9.21. The van der Waals surface area contributed by atoms with Crippen molar-refractivity contribution in [2.24, 2.45) is 0 Å². The Balaban J connectivity index is 1.55. The number of nitrogens with one attached hydrogen (secondary N) is 1. The molecular weight excluding hydrogens is 390 g/mol. The fourth-order valence-corrected chi connectivity index (χ4v) is 3.39. The smallest absolute Gasteiger partial charge is 0.227 e. The Labute approximate surface area is 166 Å². The van der Waals surface area contributed by atoms with E-state index in [0.717, 1.165) is 11.6 Å². The molecule has 2 aromatic carbocycles. The van der Waals surface area contributed by atoms with Crippen LogP contribution in [0.4, 0.5) is 8.78 Å². The van der Waals surface area contributed by atoms with Crippen LogP contribution in [0.25, 0.3) is 0 Å². The topological polar surface area (TPSA) is 72.8 Å². The van der Waals surface area contributed by atoms with Crippen LogP contribution in [0.5, 0.6) is 0 Å². The fourth-order valence-electron chi connectivity index (χ4n) is 3.27. The van der Waals surface area contributed by atoms with E-state index in [1.807, 2.05) is 0 Å². The lowest BCUT2D eigenvalue weighted by Gasteiger charge is -2.26. The van der Waals surface area contributed by atoms with E-state index >= 15 is 0 Å². The third-order valence-corrected chi connectivity index (χ3v) is 5.03. The molecule has 28 heavy (non-hydrogen) atoms. The summed E-state index contributed by atoms with van der Waals surface area (Å²) >= 11 is 5.83. The number of rotatable bonds is 6. The number of hydrogen-bond donors (Lipinski definition) is 3. The van der Waals surface area contributed by atoms with Crippen molar-refractivity contribution in [1.29, 1.82) is 0 Å². The molecule has 1 heterocycles. The third kappa shape index (κ3) is 5.05. The van der Waals surface area contributed by atoms with Gasteiger partial charge in [0, 0.05) is 30.7 Å². The van der Waals surface area contributed by atoms with E-state index in [1.54, 1.807) is 24.3 Å². The van der Waals surface area contributed by atoms with Crippen LogP contribution in [0.3, 0.4) is 0 Å². The minimum absolute atomic E-state index is 0.0131. The highest BCUT2D eigenvalue weighted by molar-refractivity contribution is 6.30. The van der Waals surface area contributed by atoms with Gasteiger partial charge >= 0.3 is 0 Å². The number of carbonyl (C=O) groups is 1. The SMILES string of the molecule is O=C(Cc1ccc(Cl)cc1)N1C[C@@H](O)[C@](O)(CNCc2cc(F)cc(F)c2)C1. The predicted octanol–water partition coefficient (Wildman–Crippen LogP) is 1.88. The molecule has 0 radical (unpaired) electrons. The molecule has 1 aliphatic rings. The van der Waals surface area contributed by atoms with Crippen molar-refractivity contribution in [1.82, 2.24) is 10.2 Å². The highest BCUT2D eigenvalue weighted by Gasteiger charge is 2.45. The van der Waals surface area contributed by atoms with Gasteiger partial charge in [-0.15, -0.1) is 0 Å². The molecule has 3 rings (SSSR count). The molecule has 0 aromatic heterocycles. The van der Waals surface area contributed by atoms with Crippen molar-refractivity contribution >= 4 is 17.5 Å². The Hall–Kier alpha value is -2.06. The summed E-state index contributed by atoms with van der Waals surface area (Å²) in [5, 5.41) is 24.4. The second-order valence-corrected chi connectivity index (χ2v) is 7.51. The monoisotopic (exact) mass is 410 g/mol. The summed E-state index contributed by atoms with van der Waals surface area (Å²) in [4.78, 5) is 13.9. The molecule has 1 amide bonds. The zero-order chi connectivity index (χ0) is 20.3. The van der Waals surface area contributed by atoms with Gasteiger partial charge in [-0.25, -0.2) is 8.78 Å². The number of aliphatic hydroxyl groups is 2. The lowest BCUT2D eigenvalue weighted by molar-refractivity contribution is -0.130. The summed E-state index contributed by atoms with van der Waals surface area (Å²) < 4.78 is 26.5. The molecule has 0 unspecified atom stereocenters. The standard InChI is InChI=1S/C20H21ClF2N2O3/c21-15-3-1-13(2-4-15)7-19(27)25-10-18(26)20(28,12-25)11-24-9-14-5-16(22)8-17(23)6-14/h1-6,8,18,24,26,28H,7,9-12H2/t18-,20+/m1/s1. The van der Waals surface area contributed by atoms with Gasteiger partial charge in [0.05, 0.1) is 13.0 Å². The molecule has 1 aliphatic heterocycles. The van der Waals surface area contributed by atoms with E-state index < -0.39 is 23.3 Å². The number of likely N-dealkylation sites (tertiary alicyclic amines) is 1. The van der Waals surface area contributed by atoms with Crippen LogP contribution in [0.1, 0.15) is 11.1 Å². The Morgan fingerprint density at radius 1 is 1.18 bits per heavy atom. The molecule has 5 nitrogen and oxygen atoms in total. The number of carbonyl (C=O) groups excluding carboxylic acids is 1. The first-order valence-electron chi connectivity index (χ1n) is 8.83. The number of hydrogen-bond acceptors (Lipinski definition) is 4. The van der Waals surface area contributed by atoms with E-state index in [0.29, 0.717) is 10.6 Å². The molecule has 3 N–H and O–H groups in total. The Morgan fingerprint density at radius 3 is 2.46 bits per heavy atom. The zero-order valence-electron chi connectivity index (χ0n) is 15.0. The maximum atomic E-state index is 13.2.